The van der Waals surface area contributed by atoms with Crippen molar-refractivity contribution >= 4 is 33.2 Å². The molecule has 1 heterocycles. The second-order valence-corrected chi connectivity index (χ2v) is 9.41. The number of benzene rings is 2. The summed E-state index contributed by atoms with van der Waals surface area (Å²) in [5.41, 5.74) is 1.43. The monoisotopic (exact) mass is 474 g/mol. The van der Waals surface area contributed by atoms with E-state index in [9.17, 15) is 18.0 Å². The molecule has 1 fully saturated rings. The molecule has 0 unspecified atom stereocenters. The third-order valence-corrected chi connectivity index (χ3v) is 7.27. The molecular formula is C23H30N4O5S. The van der Waals surface area contributed by atoms with Gasteiger partial charge in [0.05, 0.1) is 30.2 Å². The molecule has 1 aliphatic heterocycles. The molecule has 0 saturated carbocycles. The Labute approximate surface area is 194 Å². The Morgan fingerprint density at radius 3 is 2.42 bits per heavy atom. The molecule has 2 aromatic carbocycles. The van der Waals surface area contributed by atoms with E-state index in [4.69, 9.17) is 4.74 Å². The summed E-state index contributed by atoms with van der Waals surface area (Å²) in [7, 11) is -3.66. The summed E-state index contributed by atoms with van der Waals surface area (Å²) in [4.78, 5) is 27.1. The van der Waals surface area contributed by atoms with Gasteiger partial charge in [-0.3, -0.25) is 9.59 Å². The fourth-order valence-corrected chi connectivity index (χ4v) is 5.01. The Bertz CT molecular complexity index is 1080. The molecule has 2 N–H and O–H groups in total. The number of rotatable bonds is 9. The van der Waals surface area contributed by atoms with Crippen molar-refractivity contribution in [1.29, 1.82) is 0 Å². The standard InChI is InChI=1S/C23H30N4O5S/c1-3-26(4-2)23(29)20-10-5-6-11-21(20)24-17-22(28)25-18-8-7-9-19(16-18)33(30,31)27-12-14-32-15-13-27/h5-11,16,24H,3-4,12-15,17H2,1-2H3,(H,25,28). The van der Waals surface area contributed by atoms with Crippen molar-refractivity contribution in [2.75, 3.05) is 56.6 Å². The van der Waals surface area contributed by atoms with Gasteiger partial charge in [-0.05, 0) is 44.2 Å². The summed E-state index contributed by atoms with van der Waals surface area (Å²) in [5, 5.41) is 5.73. The molecule has 0 atom stereocenters. The lowest BCUT2D eigenvalue weighted by Crippen LogP contribution is -2.40. The molecule has 2 amide bonds. The molecule has 2 aromatic rings. The van der Waals surface area contributed by atoms with Crippen molar-refractivity contribution in [3.05, 3.63) is 54.1 Å². The van der Waals surface area contributed by atoms with E-state index >= 15 is 0 Å². The predicted molar refractivity (Wildman–Crippen MR) is 127 cm³/mol. The second-order valence-electron chi connectivity index (χ2n) is 7.47. The molecule has 0 aromatic heterocycles. The largest absolute Gasteiger partial charge is 0.379 e. The molecular weight excluding hydrogens is 444 g/mol. The molecule has 10 heteroatoms. The molecule has 0 aliphatic carbocycles. The van der Waals surface area contributed by atoms with E-state index < -0.39 is 10.0 Å². The van der Waals surface area contributed by atoms with Crippen molar-refractivity contribution < 1.29 is 22.7 Å². The van der Waals surface area contributed by atoms with E-state index in [2.05, 4.69) is 10.6 Å². The maximum Gasteiger partial charge on any atom is 0.255 e. The van der Waals surface area contributed by atoms with Crippen LogP contribution in [0.2, 0.25) is 0 Å². The third kappa shape index (κ3) is 6.10. The molecule has 1 saturated heterocycles. The van der Waals surface area contributed by atoms with E-state index in [1.165, 1.54) is 16.4 Å². The topological polar surface area (TPSA) is 108 Å². The quantitative estimate of drug-likeness (QED) is 0.577. The minimum absolute atomic E-state index is 0.0804. The Morgan fingerprint density at radius 1 is 1.03 bits per heavy atom. The van der Waals surface area contributed by atoms with Gasteiger partial charge in [0, 0.05) is 37.6 Å². The summed E-state index contributed by atoms with van der Waals surface area (Å²) in [6.45, 7) is 6.25. The average Bonchev–Trinajstić information content (AvgIpc) is 2.84. The van der Waals surface area contributed by atoms with Gasteiger partial charge in [0.15, 0.2) is 0 Å². The first-order chi connectivity index (χ1) is 15.9. The molecule has 33 heavy (non-hydrogen) atoms. The number of ether oxygens (including phenoxy) is 1. The summed E-state index contributed by atoms with van der Waals surface area (Å²) in [5.74, 6) is -0.467. The maximum absolute atomic E-state index is 12.9. The number of sulfonamides is 1. The van der Waals surface area contributed by atoms with E-state index in [-0.39, 0.29) is 23.3 Å². The lowest BCUT2D eigenvalue weighted by molar-refractivity contribution is -0.114. The van der Waals surface area contributed by atoms with Crippen LogP contribution in [0.15, 0.2) is 53.4 Å². The third-order valence-electron chi connectivity index (χ3n) is 5.37. The average molecular weight is 475 g/mol. The van der Waals surface area contributed by atoms with Crippen LogP contribution < -0.4 is 10.6 Å². The zero-order chi connectivity index (χ0) is 23.8. The second kappa shape index (κ2) is 11.3. The number of nitrogens with one attached hydrogen (secondary N) is 2. The first-order valence-electron chi connectivity index (χ1n) is 11.0. The molecule has 1 aliphatic rings. The molecule has 9 nitrogen and oxygen atoms in total. The van der Waals surface area contributed by atoms with Crippen LogP contribution in [0.4, 0.5) is 11.4 Å². The van der Waals surface area contributed by atoms with E-state index in [1.807, 2.05) is 13.8 Å². The first kappa shape index (κ1) is 24.7. The van der Waals surface area contributed by atoms with Crippen LogP contribution in [-0.4, -0.2) is 75.4 Å². The van der Waals surface area contributed by atoms with Crippen LogP contribution >= 0.6 is 0 Å². The summed E-state index contributed by atoms with van der Waals surface area (Å²) >= 11 is 0. The zero-order valence-corrected chi connectivity index (χ0v) is 19.7. The van der Waals surface area contributed by atoms with Crippen molar-refractivity contribution in [3.63, 3.8) is 0 Å². The minimum Gasteiger partial charge on any atom is -0.379 e. The number of hydrogen-bond acceptors (Lipinski definition) is 6. The smallest absolute Gasteiger partial charge is 0.255 e. The number of anilines is 2. The number of para-hydroxylation sites is 1. The summed E-state index contributed by atoms with van der Waals surface area (Å²) < 4.78 is 32.3. The van der Waals surface area contributed by atoms with Crippen LogP contribution in [0.25, 0.3) is 0 Å². The first-order valence-corrected chi connectivity index (χ1v) is 12.4. The molecule has 178 valence electrons. The van der Waals surface area contributed by atoms with Gasteiger partial charge < -0.3 is 20.3 Å². The van der Waals surface area contributed by atoms with Crippen LogP contribution in [0.1, 0.15) is 24.2 Å². The fraction of sp³-hybridized carbons (Fsp3) is 0.391. The normalized spacial score (nSPS) is 14.5. The number of hydrogen-bond donors (Lipinski definition) is 2. The summed E-state index contributed by atoms with van der Waals surface area (Å²) in [6, 6.07) is 13.2. The Hall–Kier alpha value is -2.95. The van der Waals surface area contributed by atoms with E-state index in [0.29, 0.717) is 56.3 Å². The lowest BCUT2D eigenvalue weighted by Gasteiger charge is -2.26. The fourth-order valence-electron chi connectivity index (χ4n) is 3.56. The van der Waals surface area contributed by atoms with Crippen LogP contribution in [0.3, 0.4) is 0 Å². The van der Waals surface area contributed by atoms with Gasteiger partial charge in [0.25, 0.3) is 5.91 Å². The lowest BCUT2D eigenvalue weighted by atomic mass is 10.1. The van der Waals surface area contributed by atoms with Gasteiger partial charge in [-0.1, -0.05) is 18.2 Å². The van der Waals surface area contributed by atoms with Crippen LogP contribution in [0.5, 0.6) is 0 Å². The SMILES string of the molecule is CCN(CC)C(=O)c1ccccc1NCC(=O)Nc1cccc(S(=O)(=O)N2CCOCC2)c1. The minimum atomic E-state index is -3.66. The van der Waals surface area contributed by atoms with Gasteiger partial charge in [0.2, 0.25) is 15.9 Å². The maximum atomic E-state index is 12.9. The highest BCUT2D eigenvalue weighted by atomic mass is 32.2. The molecule has 0 radical (unpaired) electrons. The summed E-state index contributed by atoms with van der Waals surface area (Å²) in [6.07, 6.45) is 0. The van der Waals surface area contributed by atoms with Crippen molar-refractivity contribution in [1.82, 2.24) is 9.21 Å². The van der Waals surface area contributed by atoms with E-state index in [1.54, 1.807) is 41.3 Å². The van der Waals surface area contributed by atoms with Gasteiger partial charge in [0.1, 0.15) is 0 Å². The van der Waals surface area contributed by atoms with E-state index in [0.717, 1.165) is 0 Å². The number of carbonyl (C=O) groups excluding carboxylic acids is 2. The van der Waals surface area contributed by atoms with Crippen LogP contribution in [0, 0.1) is 0 Å². The van der Waals surface area contributed by atoms with Crippen molar-refractivity contribution in [3.8, 4) is 0 Å². The number of nitrogens with zero attached hydrogens (tertiary/aromatic N) is 2. The molecule has 0 spiro atoms. The van der Waals surface area contributed by atoms with Gasteiger partial charge in [-0.25, -0.2) is 8.42 Å². The Kier molecular flexibility index (Phi) is 8.43. The van der Waals surface area contributed by atoms with Gasteiger partial charge in [-0.2, -0.15) is 4.31 Å². The number of amides is 2. The van der Waals surface area contributed by atoms with Gasteiger partial charge in [-0.15, -0.1) is 0 Å². The highest BCUT2D eigenvalue weighted by Gasteiger charge is 2.26. The van der Waals surface area contributed by atoms with Crippen molar-refractivity contribution in [2.45, 2.75) is 18.7 Å². The van der Waals surface area contributed by atoms with Crippen LogP contribution in [-0.2, 0) is 19.6 Å². The highest BCUT2D eigenvalue weighted by Crippen LogP contribution is 2.21. The predicted octanol–water partition coefficient (Wildman–Crippen LogP) is 2.24. The Morgan fingerprint density at radius 2 is 1.73 bits per heavy atom. The molecule has 0 bridgehead atoms. The van der Waals surface area contributed by atoms with Gasteiger partial charge >= 0.3 is 0 Å². The number of morpholine rings is 1. The number of carbonyl (C=O) groups is 2. The zero-order valence-electron chi connectivity index (χ0n) is 18.9. The Balaban J connectivity index is 1.66. The highest BCUT2D eigenvalue weighted by molar-refractivity contribution is 7.89. The molecule has 3 rings (SSSR count). The van der Waals surface area contributed by atoms with Crippen molar-refractivity contribution in [2.24, 2.45) is 0 Å².